The largest absolute Gasteiger partial charge is 0.479 e. The number of carbonyl (C=O) groups excluding carboxylic acids is 1. The Labute approximate surface area is 208 Å². The summed E-state index contributed by atoms with van der Waals surface area (Å²) in [6.45, 7) is 5.58. The lowest BCUT2D eigenvalue weighted by atomic mass is 9.43. The number of ketones is 1. The normalized spacial score (nSPS) is 47.7. The fraction of sp³-hybridized carbons (Fsp3) is 0.926. The third-order valence-electron chi connectivity index (χ3n) is 11.5. The minimum Gasteiger partial charge on any atom is -0.479 e. The van der Waals surface area contributed by atoms with E-state index in [4.69, 9.17) is 5.73 Å². The molecule has 12 atom stereocenters. The van der Waals surface area contributed by atoms with Crippen LogP contribution in [-0.2, 0) is 9.59 Å². The average Bonchev–Trinajstić information content (AvgIpc) is 3.16. The van der Waals surface area contributed by atoms with E-state index in [1.807, 2.05) is 0 Å². The maximum atomic E-state index is 12.5. The molecule has 4 rings (SSSR count). The van der Waals surface area contributed by atoms with Crippen molar-refractivity contribution < 1.29 is 35.1 Å². The van der Waals surface area contributed by atoms with E-state index in [9.17, 15) is 35.1 Å². The molecule has 4 aliphatic rings. The predicted molar refractivity (Wildman–Crippen MR) is 129 cm³/mol. The summed E-state index contributed by atoms with van der Waals surface area (Å²) < 4.78 is 0. The number of hydrogen-bond acceptors (Lipinski definition) is 7. The molecule has 35 heavy (non-hydrogen) atoms. The number of Topliss-reactive ketones (excluding diaryl/α,β-unsaturated/α-hetero) is 1. The molecule has 0 spiro atoms. The zero-order chi connectivity index (χ0) is 25.9. The highest BCUT2D eigenvalue weighted by Gasteiger charge is 2.65. The number of carboxylic acids is 1. The zero-order valence-electron chi connectivity index (χ0n) is 21.4. The van der Waals surface area contributed by atoms with Crippen molar-refractivity contribution in [2.24, 2.45) is 52.1 Å². The molecule has 0 aromatic heterocycles. The fourth-order valence-electron chi connectivity index (χ4n) is 9.19. The van der Waals surface area contributed by atoms with Crippen LogP contribution in [0.5, 0.6) is 0 Å². The minimum absolute atomic E-state index is 0.0210. The van der Waals surface area contributed by atoms with Crippen LogP contribution in [0.4, 0.5) is 0 Å². The number of carbonyl (C=O) groups is 2. The molecule has 8 heteroatoms. The summed E-state index contributed by atoms with van der Waals surface area (Å²) in [5.74, 6) is -1.18. The lowest BCUT2D eigenvalue weighted by Gasteiger charge is -2.63. The maximum Gasteiger partial charge on any atom is 0.333 e. The molecule has 0 aromatic carbocycles. The van der Waals surface area contributed by atoms with Crippen LogP contribution in [0.25, 0.3) is 0 Å². The van der Waals surface area contributed by atoms with Crippen molar-refractivity contribution in [2.45, 2.75) is 102 Å². The van der Waals surface area contributed by atoms with Gasteiger partial charge in [-0.3, -0.25) is 4.79 Å². The van der Waals surface area contributed by atoms with Crippen molar-refractivity contribution in [3.63, 3.8) is 0 Å². The SMILES string of the molecule is CC(CCC(=O)C(N)(CO)C(=O)O)C1CCC2C3C(O)CC4CC(O)CCC4(C)C3CC(O)C12C. The molecule has 0 bridgehead atoms. The Morgan fingerprint density at radius 1 is 1.06 bits per heavy atom. The number of aliphatic carboxylic acids is 1. The minimum atomic E-state index is -2.27. The molecular weight excluding hydrogens is 450 g/mol. The van der Waals surface area contributed by atoms with E-state index >= 15 is 0 Å². The molecule has 0 saturated heterocycles. The van der Waals surface area contributed by atoms with Gasteiger partial charge in [-0.15, -0.1) is 0 Å². The summed E-state index contributed by atoms with van der Waals surface area (Å²) in [5, 5.41) is 51.9. The van der Waals surface area contributed by atoms with Crippen molar-refractivity contribution >= 4 is 11.8 Å². The Bertz CT molecular complexity index is 836. The molecule has 4 aliphatic carbocycles. The van der Waals surface area contributed by atoms with Gasteiger partial charge in [-0.25, -0.2) is 4.79 Å². The van der Waals surface area contributed by atoms with Crippen molar-refractivity contribution in [1.29, 1.82) is 0 Å². The first kappa shape index (κ1) is 27.0. The van der Waals surface area contributed by atoms with Crippen molar-refractivity contribution in [2.75, 3.05) is 6.61 Å². The van der Waals surface area contributed by atoms with Crippen LogP contribution in [-0.4, -0.2) is 67.7 Å². The highest BCUT2D eigenvalue weighted by atomic mass is 16.4. The van der Waals surface area contributed by atoms with Crippen LogP contribution in [0.15, 0.2) is 0 Å². The van der Waals surface area contributed by atoms with Crippen LogP contribution in [0.1, 0.15) is 78.6 Å². The van der Waals surface area contributed by atoms with E-state index < -0.39 is 36.1 Å². The average molecular weight is 496 g/mol. The zero-order valence-corrected chi connectivity index (χ0v) is 21.4. The van der Waals surface area contributed by atoms with Gasteiger partial charge in [0.1, 0.15) is 0 Å². The quantitative estimate of drug-likeness (QED) is 0.291. The van der Waals surface area contributed by atoms with Gasteiger partial charge < -0.3 is 31.3 Å². The lowest BCUT2D eigenvalue weighted by molar-refractivity contribution is -0.207. The molecule has 200 valence electrons. The highest BCUT2D eigenvalue weighted by Crippen LogP contribution is 2.68. The van der Waals surface area contributed by atoms with Gasteiger partial charge in [0.15, 0.2) is 11.3 Å². The van der Waals surface area contributed by atoms with Gasteiger partial charge in [-0.05, 0) is 97.7 Å². The third-order valence-corrected chi connectivity index (χ3v) is 11.5. The number of nitrogens with two attached hydrogens (primary N) is 1. The molecule has 4 fully saturated rings. The topological polar surface area (TPSA) is 161 Å². The van der Waals surface area contributed by atoms with Gasteiger partial charge >= 0.3 is 5.97 Å². The van der Waals surface area contributed by atoms with E-state index in [0.29, 0.717) is 19.3 Å². The van der Waals surface area contributed by atoms with Gasteiger partial charge in [0, 0.05) is 6.42 Å². The molecule has 4 saturated carbocycles. The Morgan fingerprint density at radius 2 is 1.74 bits per heavy atom. The van der Waals surface area contributed by atoms with E-state index in [1.165, 1.54) is 0 Å². The molecule has 0 amide bonds. The maximum absolute atomic E-state index is 12.5. The van der Waals surface area contributed by atoms with Crippen LogP contribution < -0.4 is 5.73 Å². The highest BCUT2D eigenvalue weighted by molar-refractivity contribution is 6.07. The molecule has 0 heterocycles. The number of hydrogen-bond donors (Lipinski definition) is 6. The smallest absolute Gasteiger partial charge is 0.333 e. The molecule has 8 nitrogen and oxygen atoms in total. The summed E-state index contributed by atoms with van der Waals surface area (Å²) in [7, 11) is 0. The second-order valence-electron chi connectivity index (χ2n) is 12.9. The van der Waals surface area contributed by atoms with Gasteiger partial charge in [-0.1, -0.05) is 20.8 Å². The summed E-state index contributed by atoms with van der Waals surface area (Å²) in [4.78, 5) is 23.9. The van der Waals surface area contributed by atoms with Crippen molar-refractivity contribution in [3.8, 4) is 0 Å². The first-order valence-electron chi connectivity index (χ1n) is 13.5. The number of fused-ring (bicyclic) bond motifs is 5. The van der Waals surface area contributed by atoms with Gasteiger partial charge in [0.05, 0.1) is 24.9 Å². The monoisotopic (exact) mass is 495 g/mol. The molecule has 0 aromatic rings. The predicted octanol–water partition coefficient (Wildman–Crippen LogP) is 1.71. The second kappa shape index (κ2) is 9.35. The molecule has 0 radical (unpaired) electrons. The van der Waals surface area contributed by atoms with Crippen molar-refractivity contribution in [3.05, 3.63) is 0 Å². The fourth-order valence-corrected chi connectivity index (χ4v) is 9.19. The summed E-state index contributed by atoms with van der Waals surface area (Å²) in [6.07, 6.45) is 4.78. The Kier molecular flexibility index (Phi) is 7.21. The van der Waals surface area contributed by atoms with Gasteiger partial charge in [0.25, 0.3) is 0 Å². The standard InChI is InChI=1S/C27H45NO7/c1-14(4-7-21(32)27(28,13-29)24(34)35)17-5-6-18-23-19(12-22(33)26(17,18)3)25(2)9-8-16(30)10-15(25)11-20(23)31/h14-20,22-23,29-31,33H,4-13,28H2,1-3H3,(H,34,35). The Hall–Kier alpha value is -1.06. The third kappa shape index (κ3) is 4.08. The summed E-state index contributed by atoms with van der Waals surface area (Å²) >= 11 is 0. The number of rotatable bonds is 7. The van der Waals surface area contributed by atoms with Crippen LogP contribution in [0.3, 0.4) is 0 Å². The lowest BCUT2D eigenvalue weighted by Crippen LogP contribution is -2.62. The second-order valence-corrected chi connectivity index (χ2v) is 12.9. The molecule has 12 unspecified atom stereocenters. The molecule has 0 aliphatic heterocycles. The Balaban J connectivity index is 1.52. The van der Waals surface area contributed by atoms with Gasteiger partial charge in [0.2, 0.25) is 0 Å². The molecule has 7 N–H and O–H groups in total. The first-order valence-corrected chi connectivity index (χ1v) is 13.5. The number of aliphatic hydroxyl groups excluding tert-OH is 4. The summed E-state index contributed by atoms with van der Waals surface area (Å²) in [6, 6.07) is 0. The van der Waals surface area contributed by atoms with Crippen molar-refractivity contribution in [1.82, 2.24) is 0 Å². The van der Waals surface area contributed by atoms with E-state index in [1.54, 1.807) is 0 Å². The summed E-state index contributed by atoms with van der Waals surface area (Å²) in [5.41, 5.74) is 3.02. The van der Waals surface area contributed by atoms with Crippen LogP contribution in [0, 0.1) is 46.3 Å². The first-order chi connectivity index (χ1) is 16.3. The van der Waals surface area contributed by atoms with Crippen LogP contribution >= 0.6 is 0 Å². The number of carboxylic acid groups (broad SMARTS) is 1. The number of aliphatic hydroxyl groups is 4. The molecular formula is C27H45NO7. The van der Waals surface area contributed by atoms with E-state index in [2.05, 4.69) is 20.8 Å². The van der Waals surface area contributed by atoms with Crippen LogP contribution in [0.2, 0.25) is 0 Å². The van der Waals surface area contributed by atoms with E-state index in [0.717, 1.165) is 32.1 Å². The Morgan fingerprint density at radius 3 is 2.37 bits per heavy atom. The van der Waals surface area contributed by atoms with Gasteiger partial charge in [-0.2, -0.15) is 0 Å². The van der Waals surface area contributed by atoms with E-state index in [-0.39, 0.29) is 58.9 Å².